The second-order valence-electron chi connectivity index (χ2n) is 8.29. The monoisotopic (exact) mass is 436 g/mol. The first-order chi connectivity index (χ1) is 15.5. The van der Waals surface area contributed by atoms with E-state index in [2.05, 4.69) is 35.4 Å². The first-order valence-electron chi connectivity index (χ1n) is 11.4. The lowest BCUT2D eigenvalue weighted by Crippen LogP contribution is -2.39. The van der Waals surface area contributed by atoms with E-state index in [1.807, 2.05) is 35.7 Å². The number of rotatable bonds is 9. The molecule has 3 aromatic heterocycles. The predicted molar refractivity (Wildman–Crippen MR) is 127 cm³/mol. The molecule has 0 fully saturated rings. The highest BCUT2D eigenvalue weighted by Crippen LogP contribution is 2.16. The van der Waals surface area contributed by atoms with Gasteiger partial charge in [0.15, 0.2) is 11.2 Å². The van der Waals surface area contributed by atoms with Crippen LogP contribution in [0.1, 0.15) is 31.5 Å². The Hall–Kier alpha value is -3.13. The lowest BCUT2D eigenvalue weighted by Gasteiger charge is -2.18. The maximum Gasteiger partial charge on any atom is 0.332 e. The lowest BCUT2D eigenvalue weighted by atomic mass is 10.1. The minimum Gasteiger partial charge on any atom is -0.313 e. The van der Waals surface area contributed by atoms with E-state index in [-0.39, 0.29) is 11.2 Å². The van der Waals surface area contributed by atoms with Crippen LogP contribution in [0.15, 0.2) is 46.1 Å². The Morgan fingerprint density at radius 1 is 1.00 bits per heavy atom. The molecule has 0 amide bonds. The molecule has 1 aromatic carbocycles. The third kappa shape index (κ3) is 3.90. The van der Waals surface area contributed by atoms with E-state index in [0.717, 1.165) is 44.7 Å². The first-order valence-corrected chi connectivity index (χ1v) is 11.4. The number of aryl methyl sites for hydroxylation is 3. The third-order valence-electron chi connectivity index (χ3n) is 6.36. The summed E-state index contributed by atoms with van der Waals surface area (Å²) in [7, 11) is 1.69. The van der Waals surface area contributed by atoms with E-state index >= 15 is 0 Å². The van der Waals surface area contributed by atoms with E-state index in [1.165, 1.54) is 14.7 Å². The summed E-state index contributed by atoms with van der Waals surface area (Å²) in [4.78, 5) is 33.4. The Morgan fingerprint density at radius 3 is 2.41 bits per heavy atom. The molecule has 0 spiro atoms. The molecule has 3 heterocycles. The molecule has 0 aliphatic rings. The van der Waals surface area contributed by atoms with Gasteiger partial charge in [-0.3, -0.25) is 18.3 Å². The molecular formula is C24H32N6O2. The number of imidazole rings is 2. The molecule has 0 aliphatic heterocycles. The fraction of sp³-hybridized carbons (Fsp3) is 0.458. The van der Waals surface area contributed by atoms with Crippen molar-refractivity contribution >= 4 is 16.9 Å². The molecule has 0 bridgehead atoms. The normalized spacial score (nSPS) is 11.9. The van der Waals surface area contributed by atoms with Gasteiger partial charge >= 0.3 is 5.69 Å². The number of nitrogens with zero attached hydrogens (tertiary/aromatic N) is 6. The number of fused-ring (bicyclic) bond motifs is 3. The van der Waals surface area contributed by atoms with Crippen LogP contribution in [0, 0.1) is 6.92 Å². The van der Waals surface area contributed by atoms with Crippen molar-refractivity contribution in [3.63, 3.8) is 0 Å². The largest absolute Gasteiger partial charge is 0.332 e. The smallest absolute Gasteiger partial charge is 0.313 e. The Labute approximate surface area is 187 Å². The Bertz CT molecular complexity index is 1340. The molecule has 0 aliphatic carbocycles. The van der Waals surface area contributed by atoms with Crippen LogP contribution in [0.3, 0.4) is 0 Å². The zero-order chi connectivity index (χ0) is 22.8. The van der Waals surface area contributed by atoms with Crippen molar-refractivity contribution in [2.45, 2.75) is 46.7 Å². The molecule has 0 saturated heterocycles. The molecule has 4 aromatic rings. The highest BCUT2D eigenvalue weighted by atomic mass is 16.2. The van der Waals surface area contributed by atoms with Gasteiger partial charge in [-0.25, -0.2) is 4.79 Å². The van der Waals surface area contributed by atoms with Crippen molar-refractivity contribution < 1.29 is 0 Å². The Morgan fingerprint density at radius 2 is 1.72 bits per heavy atom. The highest BCUT2D eigenvalue weighted by Gasteiger charge is 2.20. The van der Waals surface area contributed by atoms with E-state index in [1.54, 1.807) is 7.05 Å². The van der Waals surface area contributed by atoms with Crippen LogP contribution >= 0.6 is 0 Å². The lowest BCUT2D eigenvalue weighted by molar-refractivity contribution is 0.291. The summed E-state index contributed by atoms with van der Waals surface area (Å²) in [6.07, 6.45) is 3.49. The molecule has 0 unspecified atom stereocenters. The van der Waals surface area contributed by atoms with E-state index in [9.17, 15) is 9.59 Å². The second kappa shape index (κ2) is 9.16. The second-order valence-corrected chi connectivity index (χ2v) is 8.29. The standard InChI is InChI=1S/C24H32N6O2/c1-5-27(6-2)15-16-28-18(3)17-30-20-21(25-23(28)30)26(4)24(32)29(22(20)31)14-10-13-19-11-8-7-9-12-19/h7-9,11-12,17H,5-6,10,13-16H2,1-4H3. The topological polar surface area (TPSA) is 69.5 Å². The van der Waals surface area contributed by atoms with Crippen molar-refractivity contribution in [3.05, 3.63) is 68.6 Å². The van der Waals surface area contributed by atoms with Crippen LogP contribution in [-0.2, 0) is 26.6 Å². The van der Waals surface area contributed by atoms with Gasteiger partial charge in [-0.05, 0) is 38.4 Å². The van der Waals surface area contributed by atoms with Gasteiger partial charge in [0.25, 0.3) is 5.56 Å². The number of benzene rings is 1. The van der Waals surface area contributed by atoms with Crippen molar-refractivity contribution in [2.24, 2.45) is 7.05 Å². The molecule has 0 N–H and O–H groups in total. The summed E-state index contributed by atoms with van der Waals surface area (Å²) in [5.41, 5.74) is 2.56. The third-order valence-corrected chi connectivity index (χ3v) is 6.36. The zero-order valence-corrected chi connectivity index (χ0v) is 19.4. The quantitative estimate of drug-likeness (QED) is 0.404. The fourth-order valence-corrected chi connectivity index (χ4v) is 4.40. The highest BCUT2D eigenvalue weighted by molar-refractivity contribution is 5.75. The average Bonchev–Trinajstić information content (AvgIpc) is 3.31. The van der Waals surface area contributed by atoms with Gasteiger partial charge in [-0.15, -0.1) is 0 Å². The van der Waals surface area contributed by atoms with Gasteiger partial charge in [0.05, 0.1) is 0 Å². The predicted octanol–water partition coefficient (Wildman–Crippen LogP) is 2.43. The molecule has 8 heteroatoms. The van der Waals surface area contributed by atoms with Crippen LogP contribution in [0.4, 0.5) is 0 Å². The van der Waals surface area contributed by atoms with Crippen LogP contribution in [0.25, 0.3) is 16.9 Å². The first kappa shape index (κ1) is 22.1. The van der Waals surface area contributed by atoms with E-state index in [0.29, 0.717) is 23.5 Å². The van der Waals surface area contributed by atoms with Crippen LogP contribution in [0.2, 0.25) is 0 Å². The fourth-order valence-electron chi connectivity index (χ4n) is 4.40. The van der Waals surface area contributed by atoms with Gasteiger partial charge in [0.1, 0.15) is 0 Å². The number of hydrogen-bond acceptors (Lipinski definition) is 4. The molecule has 170 valence electrons. The van der Waals surface area contributed by atoms with Gasteiger partial charge in [-0.2, -0.15) is 4.98 Å². The van der Waals surface area contributed by atoms with Crippen molar-refractivity contribution in [2.75, 3.05) is 19.6 Å². The zero-order valence-electron chi connectivity index (χ0n) is 19.4. The minimum absolute atomic E-state index is 0.274. The summed E-state index contributed by atoms with van der Waals surface area (Å²) in [5, 5.41) is 0. The van der Waals surface area contributed by atoms with Crippen LogP contribution in [0.5, 0.6) is 0 Å². The molecular weight excluding hydrogens is 404 g/mol. The maximum absolute atomic E-state index is 13.4. The number of aromatic nitrogens is 5. The van der Waals surface area contributed by atoms with Gasteiger partial charge in [0, 0.05) is 38.6 Å². The van der Waals surface area contributed by atoms with Crippen molar-refractivity contribution in [1.29, 1.82) is 0 Å². The maximum atomic E-state index is 13.4. The van der Waals surface area contributed by atoms with Crippen molar-refractivity contribution in [1.82, 2.24) is 28.0 Å². The van der Waals surface area contributed by atoms with Crippen LogP contribution < -0.4 is 11.2 Å². The summed E-state index contributed by atoms with van der Waals surface area (Å²) < 4.78 is 6.82. The molecule has 0 saturated carbocycles. The molecule has 4 rings (SSSR count). The minimum atomic E-state index is -0.317. The van der Waals surface area contributed by atoms with Gasteiger partial charge in [0.2, 0.25) is 5.78 Å². The summed E-state index contributed by atoms with van der Waals surface area (Å²) >= 11 is 0. The number of hydrogen-bond donors (Lipinski definition) is 0. The molecule has 0 radical (unpaired) electrons. The Balaban J connectivity index is 1.71. The number of likely N-dealkylation sites (N-methyl/N-ethyl adjacent to an activating group) is 1. The SMILES string of the molecule is CCN(CC)CCn1c(C)cn2c3c(=O)n(CCCc4ccccc4)c(=O)n(C)c3nc12. The van der Waals surface area contributed by atoms with Crippen molar-refractivity contribution in [3.8, 4) is 0 Å². The van der Waals surface area contributed by atoms with E-state index < -0.39 is 0 Å². The van der Waals surface area contributed by atoms with Gasteiger partial charge < -0.3 is 9.47 Å². The summed E-state index contributed by atoms with van der Waals surface area (Å²) in [6.45, 7) is 10.4. The van der Waals surface area contributed by atoms with E-state index in [4.69, 9.17) is 4.98 Å². The molecule has 0 atom stereocenters. The Kier molecular flexibility index (Phi) is 6.32. The average molecular weight is 437 g/mol. The van der Waals surface area contributed by atoms with Gasteiger partial charge in [-0.1, -0.05) is 44.2 Å². The molecule has 32 heavy (non-hydrogen) atoms. The van der Waals surface area contributed by atoms with Crippen LogP contribution in [-0.4, -0.2) is 47.6 Å². The molecule has 8 nitrogen and oxygen atoms in total. The summed E-state index contributed by atoms with van der Waals surface area (Å²) in [6, 6.07) is 10.1. The summed E-state index contributed by atoms with van der Waals surface area (Å²) in [5.74, 6) is 0.707.